The Kier molecular flexibility index (Phi) is 4.49. The zero-order valence-electron chi connectivity index (χ0n) is 16.9. The highest BCUT2D eigenvalue weighted by Crippen LogP contribution is 2.55. The molecule has 0 radical (unpaired) electrons. The number of carbonyl (C=O) groups excluding carboxylic acids is 1. The second kappa shape index (κ2) is 5.40. The van der Waals surface area contributed by atoms with Gasteiger partial charge in [-0.15, -0.1) is 0 Å². The van der Waals surface area contributed by atoms with Gasteiger partial charge in [0.05, 0.1) is 14.2 Å². The SMILES string of the molecule is CC1(C)C[C@@H]2CC(=O)C([Si](C)(C)C)=C2[C@H]1O[Si](C)(C)C(C)(C)C. The molecule has 1 saturated carbocycles. The van der Waals surface area contributed by atoms with Gasteiger partial charge in [0, 0.05) is 6.42 Å². The first-order valence-electron chi connectivity index (χ1n) is 9.03. The van der Waals surface area contributed by atoms with Crippen molar-refractivity contribution < 1.29 is 9.22 Å². The van der Waals surface area contributed by atoms with Crippen LogP contribution in [0, 0.1) is 11.3 Å². The summed E-state index contributed by atoms with van der Waals surface area (Å²) in [6.45, 7) is 23.2. The van der Waals surface area contributed by atoms with E-state index < -0.39 is 16.4 Å². The van der Waals surface area contributed by atoms with Crippen LogP contribution < -0.4 is 0 Å². The van der Waals surface area contributed by atoms with E-state index in [1.807, 2.05) is 0 Å². The molecule has 132 valence electrons. The molecule has 0 saturated heterocycles. The molecule has 0 aromatic carbocycles. The van der Waals surface area contributed by atoms with E-state index in [2.05, 4.69) is 67.4 Å². The maximum atomic E-state index is 12.7. The molecule has 0 unspecified atom stereocenters. The van der Waals surface area contributed by atoms with Gasteiger partial charge in [0.2, 0.25) is 0 Å². The Labute approximate surface area is 145 Å². The molecule has 0 amide bonds. The van der Waals surface area contributed by atoms with Crippen molar-refractivity contribution in [3.63, 3.8) is 0 Å². The Morgan fingerprint density at radius 3 is 2.04 bits per heavy atom. The summed E-state index contributed by atoms with van der Waals surface area (Å²) in [5.74, 6) is 0.859. The molecule has 2 aliphatic rings. The Bertz CT molecular complexity index is 545. The van der Waals surface area contributed by atoms with E-state index in [1.165, 1.54) is 10.8 Å². The smallest absolute Gasteiger partial charge is 0.192 e. The third-order valence-corrected chi connectivity index (χ3v) is 12.7. The molecule has 0 heterocycles. The van der Waals surface area contributed by atoms with Crippen molar-refractivity contribution in [3.05, 3.63) is 10.8 Å². The van der Waals surface area contributed by atoms with Crippen LogP contribution in [-0.2, 0) is 9.22 Å². The van der Waals surface area contributed by atoms with Gasteiger partial charge in [0.1, 0.15) is 0 Å². The first kappa shape index (κ1) is 19.1. The van der Waals surface area contributed by atoms with E-state index in [1.54, 1.807) is 0 Å². The average molecular weight is 353 g/mol. The van der Waals surface area contributed by atoms with Crippen molar-refractivity contribution in [1.82, 2.24) is 0 Å². The summed E-state index contributed by atoms with van der Waals surface area (Å²) in [4.78, 5) is 12.7. The molecule has 4 heteroatoms. The first-order chi connectivity index (χ1) is 10.1. The number of allylic oxidation sites excluding steroid dienone is 1. The largest absolute Gasteiger partial charge is 0.410 e. The lowest BCUT2D eigenvalue weighted by atomic mass is 9.87. The van der Waals surface area contributed by atoms with E-state index in [0.29, 0.717) is 11.7 Å². The Morgan fingerprint density at radius 1 is 1.09 bits per heavy atom. The normalized spacial score (nSPS) is 28.5. The Hall–Kier alpha value is -0.196. The topological polar surface area (TPSA) is 26.3 Å². The van der Waals surface area contributed by atoms with Crippen molar-refractivity contribution >= 4 is 22.2 Å². The van der Waals surface area contributed by atoms with Gasteiger partial charge < -0.3 is 4.43 Å². The fourth-order valence-corrected chi connectivity index (χ4v) is 7.57. The summed E-state index contributed by atoms with van der Waals surface area (Å²) < 4.78 is 6.92. The zero-order chi connectivity index (χ0) is 18.0. The average Bonchev–Trinajstić information content (AvgIpc) is 2.69. The van der Waals surface area contributed by atoms with Crippen LogP contribution in [0.1, 0.15) is 47.5 Å². The van der Waals surface area contributed by atoms with Crippen LogP contribution in [-0.4, -0.2) is 28.3 Å². The Morgan fingerprint density at radius 2 is 1.61 bits per heavy atom. The maximum absolute atomic E-state index is 12.7. The van der Waals surface area contributed by atoms with E-state index in [-0.39, 0.29) is 16.6 Å². The van der Waals surface area contributed by atoms with E-state index >= 15 is 0 Å². The number of fused-ring (bicyclic) bond motifs is 1. The van der Waals surface area contributed by atoms with Gasteiger partial charge in [-0.1, -0.05) is 54.3 Å². The van der Waals surface area contributed by atoms with Crippen molar-refractivity contribution in [1.29, 1.82) is 0 Å². The molecule has 2 rings (SSSR count). The molecular weight excluding hydrogens is 316 g/mol. The van der Waals surface area contributed by atoms with Gasteiger partial charge in [0.25, 0.3) is 0 Å². The fourth-order valence-electron chi connectivity index (χ4n) is 4.04. The highest BCUT2D eigenvalue weighted by molar-refractivity contribution is 6.87. The molecule has 2 aliphatic carbocycles. The van der Waals surface area contributed by atoms with Gasteiger partial charge >= 0.3 is 0 Å². The molecule has 0 aromatic rings. The van der Waals surface area contributed by atoms with Gasteiger partial charge in [0.15, 0.2) is 14.1 Å². The molecule has 2 nitrogen and oxygen atoms in total. The predicted octanol–water partition coefficient (Wildman–Crippen LogP) is 5.57. The molecule has 0 N–H and O–H groups in total. The van der Waals surface area contributed by atoms with Crippen molar-refractivity contribution in [2.45, 2.75) is 91.3 Å². The molecule has 0 bridgehead atoms. The van der Waals surface area contributed by atoms with Crippen LogP contribution in [0.15, 0.2) is 10.8 Å². The van der Waals surface area contributed by atoms with Gasteiger partial charge in [-0.3, -0.25) is 4.79 Å². The molecule has 23 heavy (non-hydrogen) atoms. The highest BCUT2D eigenvalue weighted by Gasteiger charge is 2.55. The summed E-state index contributed by atoms with van der Waals surface area (Å²) in [6, 6.07) is 0. The second-order valence-corrected chi connectivity index (χ2v) is 20.6. The molecule has 0 spiro atoms. The van der Waals surface area contributed by atoms with Gasteiger partial charge in [-0.25, -0.2) is 0 Å². The third-order valence-electron chi connectivity index (χ3n) is 6.17. The lowest BCUT2D eigenvalue weighted by Crippen LogP contribution is -2.47. The zero-order valence-corrected chi connectivity index (χ0v) is 18.9. The summed E-state index contributed by atoms with van der Waals surface area (Å²) >= 11 is 0. The van der Waals surface area contributed by atoms with Crippen LogP contribution in [0.5, 0.6) is 0 Å². The molecule has 0 aliphatic heterocycles. The number of hydrogen-bond donors (Lipinski definition) is 0. The lowest BCUT2D eigenvalue weighted by Gasteiger charge is -2.42. The van der Waals surface area contributed by atoms with E-state index in [9.17, 15) is 4.79 Å². The van der Waals surface area contributed by atoms with Crippen LogP contribution in [0.2, 0.25) is 37.8 Å². The predicted molar refractivity (Wildman–Crippen MR) is 104 cm³/mol. The molecule has 2 atom stereocenters. The molecule has 1 fully saturated rings. The van der Waals surface area contributed by atoms with E-state index in [0.717, 1.165) is 12.8 Å². The van der Waals surface area contributed by atoms with Crippen LogP contribution in [0.4, 0.5) is 0 Å². The van der Waals surface area contributed by atoms with Crippen LogP contribution in [0.25, 0.3) is 0 Å². The van der Waals surface area contributed by atoms with Crippen molar-refractivity contribution in [3.8, 4) is 0 Å². The minimum absolute atomic E-state index is 0.140. The van der Waals surface area contributed by atoms with E-state index in [4.69, 9.17) is 4.43 Å². The minimum atomic E-state index is -1.86. The summed E-state index contributed by atoms with van der Waals surface area (Å²) in [5, 5.41) is 1.40. The monoisotopic (exact) mass is 352 g/mol. The number of rotatable bonds is 3. The van der Waals surface area contributed by atoms with Crippen LogP contribution in [0.3, 0.4) is 0 Å². The first-order valence-corrected chi connectivity index (χ1v) is 15.4. The third kappa shape index (κ3) is 3.31. The summed E-state index contributed by atoms with van der Waals surface area (Å²) in [7, 11) is -3.49. The number of carbonyl (C=O) groups is 1. The van der Waals surface area contributed by atoms with Gasteiger partial charge in [-0.2, -0.15) is 0 Å². The summed E-state index contributed by atoms with van der Waals surface area (Å²) in [6.07, 6.45) is 1.97. The number of ketones is 1. The lowest BCUT2D eigenvalue weighted by molar-refractivity contribution is -0.115. The number of hydrogen-bond acceptors (Lipinski definition) is 2. The van der Waals surface area contributed by atoms with Crippen LogP contribution >= 0.6 is 0 Å². The van der Waals surface area contributed by atoms with Gasteiger partial charge in [-0.05, 0) is 46.7 Å². The molecule has 0 aromatic heterocycles. The second-order valence-electron chi connectivity index (χ2n) is 10.9. The standard InChI is InChI=1S/C19H36O2Si2/c1-18(2,3)23(9,10)21-17-15-13(12-19(17,4)5)11-14(20)16(15)22(6,7)8/h13,17H,11-12H2,1-10H3/t13-,17+/m0/s1. The number of Topliss-reactive ketones (excluding diaryl/α,β-unsaturated/α-hetero) is 1. The van der Waals surface area contributed by atoms with Crippen molar-refractivity contribution in [2.24, 2.45) is 11.3 Å². The quantitative estimate of drug-likeness (QED) is 0.621. The Balaban J connectivity index is 2.52. The molecular formula is C19H36O2Si2. The summed E-state index contributed by atoms with van der Waals surface area (Å²) in [5.41, 5.74) is 1.55. The fraction of sp³-hybridized carbons (Fsp3) is 0.842. The highest BCUT2D eigenvalue weighted by atomic mass is 28.4. The minimum Gasteiger partial charge on any atom is -0.410 e. The maximum Gasteiger partial charge on any atom is 0.192 e. The van der Waals surface area contributed by atoms with Crippen molar-refractivity contribution in [2.75, 3.05) is 0 Å².